The highest BCUT2D eigenvalue weighted by Gasteiger charge is 2.21. The monoisotopic (exact) mass is 316 g/mol. The normalized spacial score (nSPS) is 10.4. The molecule has 0 radical (unpaired) electrons. The number of amides is 1. The van der Waals surface area contributed by atoms with Crippen molar-refractivity contribution in [2.75, 3.05) is 12.4 Å². The molecule has 0 unspecified atom stereocenters. The van der Waals surface area contributed by atoms with E-state index < -0.39 is 5.97 Å². The number of aromatic nitrogens is 1. The van der Waals surface area contributed by atoms with Crippen LogP contribution in [0.1, 0.15) is 28.5 Å². The lowest BCUT2D eigenvalue weighted by Gasteiger charge is -2.11. The van der Waals surface area contributed by atoms with Crippen LogP contribution in [0.4, 0.5) is 5.69 Å². The maximum Gasteiger partial charge on any atom is 0.337 e. The Labute approximate surface area is 134 Å². The number of anilines is 1. The molecule has 2 aromatic rings. The molecule has 0 spiro atoms. The quantitative estimate of drug-likeness (QED) is 0.858. The lowest BCUT2D eigenvalue weighted by Crippen LogP contribution is -2.19. The molecule has 1 amide bonds. The smallest absolute Gasteiger partial charge is 0.337 e. The summed E-state index contributed by atoms with van der Waals surface area (Å²) in [4.78, 5) is 23.8. The van der Waals surface area contributed by atoms with Crippen molar-refractivity contribution >= 4 is 17.6 Å². The molecule has 23 heavy (non-hydrogen) atoms. The van der Waals surface area contributed by atoms with Crippen LogP contribution in [0.25, 0.3) is 0 Å². The van der Waals surface area contributed by atoms with Crippen molar-refractivity contribution in [3.8, 4) is 5.75 Å². The minimum Gasteiger partial charge on any atom is -0.495 e. The van der Waals surface area contributed by atoms with Gasteiger partial charge in [0.05, 0.1) is 24.8 Å². The van der Waals surface area contributed by atoms with E-state index in [0.717, 1.165) is 0 Å². The lowest BCUT2D eigenvalue weighted by molar-refractivity contribution is -0.115. The van der Waals surface area contributed by atoms with Gasteiger partial charge in [-0.3, -0.25) is 4.79 Å². The van der Waals surface area contributed by atoms with E-state index in [0.29, 0.717) is 29.2 Å². The number of nitrogens with one attached hydrogen (secondary N) is 1. The van der Waals surface area contributed by atoms with Gasteiger partial charge in [0.15, 0.2) is 0 Å². The molecule has 0 aliphatic rings. The highest BCUT2D eigenvalue weighted by atomic mass is 16.5. The van der Waals surface area contributed by atoms with Crippen LogP contribution >= 0.6 is 0 Å². The number of carboxylic acid groups (broad SMARTS) is 1. The molecule has 1 aromatic heterocycles. The molecule has 2 N–H and O–H groups in total. The van der Waals surface area contributed by atoms with E-state index in [4.69, 9.17) is 4.74 Å². The van der Waals surface area contributed by atoms with Crippen LogP contribution < -0.4 is 10.1 Å². The van der Waals surface area contributed by atoms with Crippen molar-refractivity contribution in [3.63, 3.8) is 0 Å². The fourth-order valence-corrected chi connectivity index (χ4v) is 2.61. The predicted molar refractivity (Wildman–Crippen MR) is 87.1 cm³/mol. The Morgan fingerprint density at radius 2 is 2.00 bits per heavy atom. The molecular weight excluding hydrogens is 296 g/mol. The second-order valence-corrected chi connectivity index (χ2v) is 5.15. The third-order valence-corrected chi connectivity index (χ3v) is 3.64. The van der Waals surface area contributed by atoms with Crippen molar-refractivity contribution in [3.05, 3.63) is 47.3 Å². The number of hydrogen-bond acceptors (Lipinski definition) is 3. The molecule has 0 aliphatic carbocycles. The van der Waals surface area contributed by atoms with Gasteiger partial charge >= 0.3 is 5.97 Å². The van der Waals surface area contributed by atoms with Crippen LogP contribution in [0.15, 0.2) is 30.5 Å². The van der Waals surface area contributed by atoms with Gasteiger partial charge in [-0.05, 0) is 31.5 Å². The van der Waals surface area contributed by atoms with Crippen LogP contribution in [0.3, 0.4) is 0 Å². The number of nitrogens with zero attached hydrogens (tertiary/aromatic N) is 1. The Balaban J connectivity index is 2.25. The summed E-state index contributed by atoms with van der Waals surface area (Å²) in [6.45, 7) is 4.25. The van der Waals surface area contributed by atoms with Crippen molar-refractivity contribution in [2.24, 2.45) is 0 Å². The molecule has 0 saturated carbocycles. The number of para-hydroxylation sites is 2. The van der Waals surface area contributed by atoms with E-state index in [1.54, 1.807) is 35.9 Å². The third-order valence-electron chi connectivity index (χ3n) is 3.64. The minimum atomic E-state index is -1.02. The second-order valence-electron chi connectivity index (χ2n) is 5.15. The summed E-state index contributed by atoms with van der Waals surface area (Å²) in [5.74, 6) is -0.749. The first-order valence-electron chi connectivity index (χ1n) is 7.32. The summed E-state index contributed by atoms with van der Waals surface area (Å²) < 4.78 is 6.99. The number of carboxylic acids is 1. The van der Waals surface area contributed by atoms with Gasteiger partial charge in [0.25, 0.3) is 0 Å². The van der Waals surface area contributed by atoms with Crippen molar-refractivity contribution < 1.29 is 19.4 Å². The average molecular weight is 316 g/mol. The molecule has 6 heteroatoms. The highest BCUT2D eigenvalue weighted by molar-refractivity contribution is 5.97. The Kier molecular flexibility index (Phi) is 5.05. The Morgan fingerprint density at radius 1 is 1.30 bits per heavy atom. The van der Waals surface area contributed by atoms with Crippen molar-refractivity contribution in [1.82, 2.24) is 4.57 Å². The molecule has 6 nitrogen and oxygen atoms in total. The number of ether oxygens (including phenoxy) is 1. The van der Waals surface area contributed by atoms with Gasteiger partial charge in [-0.1, -0.05) is 12.1 Å². The zero-order chi connectivity index (χ0) is 17.0. The molecule has 2 rings (SSSR count). The van der Waals surface area contributed by atoms with E-state index in [-0.39, 0.29) is 17.9 Å². The maximum atomic E-state index is 12.3. The molecule has 1 heterocycles. The SMILES string of the molecule is CCn1cc(C)c(C(=O)O)c1CC(=O)Nc1ccccc1OC. The molecule has 1 aromatic carbocycles. The number of benzene rings is 1. The zero-order valence-electron chi connectivity index (χ0n) is 13.4. The Bertz CT molecular complexity index is 734. The van der Waals surface area contributed by atoms with Crippen LogP contribution in [-0.4, -0.2) is 28.7 Å². The molecule has 0 aliphatic heterocycles. The van der Waals surface area contributed by atoms with Gasteiger partial charge in [-0.15, -0.1) is 0 Å². The van der Waals surface area contributed by atoms with E-state index in [9.17, 15) is 14.7 Å². The highest BCUT2D eigenvalue weighted by Crippen LogP contribution is 2.24. The number of hydrogen-bond donors (Lipinski definition) is 2. The molecule has 0 saturated heterocycles. The molecule has 0 fully saturated rings. The largest absolute Gasteiger partial charge is 0.495 e. The number of rotatable bonds is 6. The Hall–Kier alpha value is -2.76. The average Bonchev–Trinajstić information content (AvgIpc) is 2.83. The first kappa shape index (κ1) is 16.6. The Morgan fingerprint density at radius 3 is 2.61 bits per heavy atom. The molecular formula is C17H20N2O4. The van der Waals surface area contributed by atoms with Crippen molar-refractivity contribution in [1.29, 1.82) is 0 Å². The summed E-state index contributed by atoms with van der Waals surface area (Å²) in [7, 11) is 1.53. The number of carbonyl (C=O) groups is 2. The fourth-order valence-electron chi connectivity index (χ4n) is 2.61. The van der Waals surface area contributed by atoms with Crippen LogP contribution in [0.5, 0.6) is 5.75 Å². The van der Waals surface area contributed by atoms with Crippen LogP contribution in [0, 0.1) is 6.92 Å². The van der Waals surface area contributed by atoms with E-state index in [1.165, 1.54) is 7.11 Å². The van der Waals surface area contributed by atoms with E-state index >= 15 is 0 Å². The number of methoxy groups -OCH3 is 1. The molecule has 0 atom stereocenters. The van der Waals surface area contributed by atoms with Gasteiger partial charge in [0, 0.05) is 18.4 Å². The number of aromatic carboxylic acids is 1. The summed E-state index contributed by atoms with van der Waals surface area (Å²) in [6.07, 6.45) is 1.75. The summed E-state index contributed by atoms with van der Waals surface area (Å²) in [6, 6.07) is 7.08. The van der Waals surface area contributed by atoms with Crippen LogP contribution in [0.2, 0.25) is 0 Å². The first-order valence-corrected chi connectivity index (χ1v) is 7.32. The summed E-state index contributed by atoms with van der Waals surface area (Å²) >= 11 is 0. The standard InChI is InChI=1S/C17H20N2O4/c1-4-19-10-11(2)16(17(21)22)13(19)9-15(20)18-12-7-5-6-8-14(12)23-3/h5-8,10H,4,9H2,1-3H3,(H,18,20)(H,21,22). The lowest BCUT2D eigenvalue weighted by atomic mass is 10.1. The molecule has 0 bridgehead atoms. The van der Waals surface area contributed by atoms with Gasteiger partial charge in [-0.25, -0.2) is 4.79 Å². The third kappa shape index (κ3) is 3.53. The van der Waals surface area contributed by atoms with E-state index in [1.807, 2.05) is 13.0 Å². The number of carbonyl (C=O) groups excluding carboxylic acids is 1. The predicted octanol–water partition coefficient (Wildman–Crippen LogP) is 2.70. The fraction of sp³-hybridized carbons (Fsp3) is 0.294. The van der Waals surface area contributed by atoms with Gasteiger partial charge in [0.1, 0.15) is 5.75 Å². The zero-order valence-corrected chi connectivity index (χ0v) is 13.4. The molecule has 122 valence electrons. The van der Waals surface area contributed by atoms with Gasteiger partial charge in [-0.2, -0.15) is 0 Å². The van der Waals surface area contributed by atoms with Crippen molar-refractivity contribution in [2.45, 2.75) is 26.8 Å². The topological polar surface area (TPSA) is 80.6 Å². The number of aryl methyl sites for hydroxylation is 2. The second kappa shape index (κ2) is 7.00. The summed E-state index contributed by atoms with van der Waals surface area (Å²) in [5, 5.41) is 12.1. The van der Waals surface area contributed by atoms with Gasteiger partial charge < -0.3 is 19.7 Å². The first-order chi connectivity index (χ1) is 11.0. The van der Waals surface area contributed by atoms with E-state index in [2.05, 4.69) is 5.32 Å². The van der Waals surface area contributed by atoms with Crippen LogP contribution in [-0.2, 0) is 17.8 Å². The van der Waals surface area contributed by atoms with Gasteiger partial charge in [0.2, 0.25) is 5.91 Å². The maximum absolute atomic E-state index is 12.3. The minimum absolute atomic E-state index is 0.0125. The summed E-state index contributed by atoms with van der Waals surface area (Å²) in [5.41, 5.74) is 1.91.